The number of nitrogens with zero attached hydrogens (tertiary/aromatic N) is 3. The van der Waals surface area contributed by atoms with Crippen LogP contribution < -0.4 is 0 Å². The van der Waals surface area contributed by atoms with Gasteiger partial charge in [0.2, 0.25) is 5.89 Å². The number of ether oxygens (including phenoxy) is 1. The average molecular weight is 287 g/mol. The second-order valence-corrected chi connectivity index (χ2v) is 5.49. The summed E-state index contributed by atoms with van der Waals surface area (Å²) in [4.78, 5) is 6.59. The molecule has 5 nitrogen and oxygen atoms in total. The summed E-state index contributed by atoms with van der Waals surface area (Å²) in [5.74, 6) is 1.38. The van der Waals surface area contributed by atoms with Crippen LogP contribution in [-0.2, 0) is 17.7 Å². The van der Waals surface area contributed by atoms with E-state index in [1.54, 1.807) is 0 Å². The van der Waals surface area contributed by atoms with E-state index in [0.29, 0.717) is 18.3 Å². The molecule has 0 radical (unpaired) electrons. The van der Waals surface area contributed by atoms with Crippen molar-refractivity contribution in [2.75, 3.05) is 19.7 Å². The zero-order valence-corrected chi connectivity index (χ0v) is 12.4. The minimum atomic E-state index is 0.281. The second-order valence-electron chi connectivity index (χ2n) is 5.49. The van der Waals surface area contributed by atoms with Gasteiger partial charge < -0.3 is 9.26 Å². The fourth-order valence-corrected chi connectivity index (χ4v) is 2.67. The van der Waals surface area contributed by atoms with Crippen molar-refractivity contribution in [1.82, 2.24) is 15.0 Å². The number of morpholine rings is 1. The van der Waals surface area contributed by atoms with E-state index in [1.165, 1.54) is 5.56 Å². The molecule has 1 aromatic carbocycles. The molecular formula is C16H21N3O2. The Balaban J connectivity index is 1.49. The summed E-state index contributed by atoms with van der Waals surface area (Å²) in [5, 5.41) is 3.83. The number of aromatic nitrogens is 2. The fraction of sp³-hybridized carbons (Fsp3) is 0.500. The summed E-state index contributed by atoms with van der Waals surface area (Å²) < 4.78 is 11.1. The molecule has 0 amide bonds. The van der Waals surface area contributed by atoms with E-state index >= 15 is 0 Å². The lowest BCUT2D eigenvalue weighted by molar-refractivity contribution is -0.0371. The molecule has 0 aliphatic carbocycles. The van der Waals surface area contributed by atoms with Crippen molar-refractivity contribution >= 4 is 0 Å². The Hall–Kier alpha value is -1.72. The van der Waals surface area contributed by atoms with E-state index in [1.807, 2.05) is 6.92 Å². The second kappa shape index (κ2) is 6.83. The third kappa shape index (κ3) is 4.12. The smallest absolute Gasteiger partial charge is 0.240 e. The summed E-state index contributed by atoms with van der Waals surface area (Å²) in [6, 6.07) is 10.6. The first kappa shape index (κ1) is 14.2. The van der Waals surface area contributed by atoms with Gasteiger partial charge in [-0.1, -0.05) is 35.5 Å². The van der Waals surface area contributed by atoms with Crippen molar-refractivity contribution < 1.29 is 9.26 Å². The third-order valence-electron chi connectivity index (χ3n) is 3.75. The number of hydrogen-bond donors (Lipinski definition) is 0. The van der Waals surface area contributed by atoms with E-state index in [0.717, 1.165) is 32.5 Å². The molecule has 1 unspecified atom stereocenters. The minimum absolute atomic E-state index is 0.281. The molecule has 1 aliphatic heterocycles. The number of aryl methyl sites for hydroxylation is 2. The van der Waals surface area contributed by atoms with E-state index in [-0.39, 0.29) is 6.10 Å². The van der Waals surface area contributed by atoms with Crippen LogP contribution in [0, 0.1) is 6.92 Å². The number of rotatable bonds is 5. The first-order chi connectivity index (χ1) is 10.3. The monoisotopic (exact) mass is 287 g/mol. The van der Waals surface area contributed by atoms with Gasteiger partial charge in [0.05, 0.1) is 19.3 Å². The fourth-order valence-electron chi connectivity index (χ4n) is 2.67. The number of benzene rings is 1. The Morgan fingerprint density at radius 1 is 1.29 bits per heavy atom. The lowest BCUT2D eigenvalue weighted by Crippen LogP contribution is -2.42. The molecule has 0 bridgehead atoms. The van der Waals surface area contributed by atoms with Crippen LogP contribution in [-0.4, -0.2) is 40.8 Å². The van der Waals surface area contributed by atoms with Crippen LogP contribution in [0.5, 0.6) is 0 Å². The molecule has 3 rings (SSSR count). The topological polar surface area (TPSA) is 51.4 Å². The van der Waals surface area contributed by atoms with E-state index < -0.39 is 0 Å². The van der Waals surface area contributed by atoms with Gasteiger partial charge in [-0.05, 0) is 25.3 Å². The molecule has 1 aromatic heterocycles. The molecule has 0 saturated carbocycles. The molecule has 1 fully saturated rings. The van der Waals surface area contributed by atoms with Gasteiger partial charge in [0.1, 0.15) is 0 Å². The Morgan fingerprint density at radius 3 is 2.90 bits per heavy atom. The van der Waals surface area contributed by atoms with Gasteiger partial charge in [-0.25, -0.2) is 0 Å². The van der Waals surface area contributed by atoms with Gasteiger partial charge in [0, 0.05) is 13.1 Å². The Kier molecular flexibility index (Phi) is 4.62. The lowest BCUT2D eigenvalue weighted by atomic mass is 10.1. The molecule has 112 valence electrons. The normalized spacial score (nSPS) is 19.8. The summed E-state index contributed by atoms with van der Waals surface area (Å²) >= 11 is 0. The zero-order valence-electron chi connectivity index (χ0n) is 12.4. The van der Waals surface area contributed by atoms with Crippen LogP contribution in [0.3, 0.4) is 0 Å². The molecule has 2 heterocycles. The van der Waals surface area contributed by atoms with Gasteiger partial charge in [-0.2, -0.15) is 4.98 Å². The summed E-state index contributed by atoms with van der Waals surface area (Å²) in [7, 11) is 0. The van der Waals surface area contributed by atoms with Crippen molar-refractivity contribution in [2.45, 2.75) is 32.4 Å². The van der Waals surface area contributed by atoms with Gasteiger partial charge >= 0.3 is 0 Å². The highest BCUT2D eigenvalue weighted by molar-refractivity contribution is 5.14. The van der Waals surface area contributed by atoms with Crippen molar-refractivity contribution in [3.05, 3.63) is 47.6 Å². The maximum Gasteiger partial charge on any atom is 0.240 e. The third-order valence-corrected chi connectivity index (χ3v) is 3.75. The van der Waals surface area contributed by atoms with E-state index in [4.69, 9.17) is 9.26 Å². The molecule has 1 aliphatic rings. The Labute approximate surface area is 124 Å². The van der Waals surface area contributed by atoms with Gasteiger partial charge in [0.25, 0.3) is 0 Å². The molecule has 1 atom stereocenters. The molecule has 0 spiro atoms. The van der Waals surface area contributed by atoms with Crippen LogP contribution in [0.25, 0.3) is 0 Å². The van der Waals surface area contributed by atoms with Gasteiger partial charge in [-0.3, -0.25) is 4.90 Å². The molecular weight excluding hydrogens is 266 g/mol. The Morgan fingerprint density at radius 2 is 2.14 bits per heavy atom. The lowest BCUT2D eigenvalue weighted by Gasteiger charge is -2.32. The maximum atomic E-state index is 5.86. The van der Waals surface area contributed by atoms with Crippen molar-refractivity contribution in [3.63, 3.8) is 0 Å². The predicted octanol–water partition coefficient (Wildman–Crippen LogP) is 2.21. The molecule has 0 N–H and O–H groups in total. The van der Waals surface area contributed by atoms with Crippen LogP contribution in [0.1, 0.15) is 23.7 Å². The highest BCUT2D eigenvalue weighted by Crippen LogP contribution is 2.14. The predicted molar refractivity (Wildman–Crippen MR) is 78.8 cm³/mol. The van der Waals surface area contributed by atoms with Crippen LogP contribution >= 0.6 is 0 Å². The van der Waals surface area contributed by atoms with Gasteiger partial charge in [0.15, 0.2) is 5.82 Å². The number of hydrogen-bond acceptors (Lipinski definition) is 5. The van der Waals surface area contributed by atoms with E-state index in [9.17, 15) is 0 Å². The summed E-state index contributed by atoms with van der Waals surface area (Å²) in [6.07, 6.45) is 2.38. The molecule has 21 heavy (non-hydrogen) atoms. The first-order valence-electron chi connectivity index (χ1n) is 7.46. The quantitative estimate of drug-likeness (QED) is 0.844. The Bertz CT molecular complexity index is 556. The maximum absolute atomic E-state index is 5.86. The van der Waals surface area contributed by atoms with Crippen molar-refractivity contribution in [2.24, 2.45) is 0 Å². The highest BCUT2D eigenvalue weighted by atomic mass is 16.5. The molecule has 5 heteroatoms. The SMILES string of the molecule is Cc1noc(CN2CCOC(CCc3ccccc3)C2)n1. The van der Waals surface area contributed by atoms with Crippen molar-refractivity contribution in [1.29, 1.82) is 0 Å². The van der Waals surface area contributed by atoms with Crippen LogP contribution in [0.2, 0.25) is 0 Å². The van der Waals surface area contributed by atoms with Gasteiger partial charge in [-0.15, -0.1) is 0 Å². The zero-order chi connectivity index (χ0) is 14.5. The largest absolute Gasteiger partial charge is 0.376 e. The molecule has 1 saturated heterocycles. The average Bonchev–Trinajstić information content (AvgIpc) is 2.92. The minimum Gasteiger partial charge on any atom is -0.376 e. The summed E-state index contributed by atoms with van der Waals surface area (Å²) in [6.45, 7) is 5.17. The van der Waals surface area contributed by atoms with Crippen LogP contribution in [0.15, 0.2) is 34.9 Å². The summed E-state index contributed by atoms with van der Waals surface area (Å²) in [5.41, 5.74) is 1.37. The first-order valence-corrected chi connectivity index (χ1v) is 7.46. The van der Waals surface area contributed by atoms with E-state index in [2.05, 4.69) is 45.4 Å². The highest BCUT2D eigenvalue weighted by Gasteiger charge is 2.21. The van der Waals surface area contributed by atoms with Crippen molar-refractivity contribution in [3.8, 4) is 0 Å². The molecule has 2 aromatic rings. The van der Waals surface area contributed by atoms with Crippen LogP contribution in [0.4, 0.5) is 0 Å². The standard InChI is InChI=1S/C16H21N3O2/c1-13-17-16(21-18-13)12-19-9-10-20-15(11-19)8-7-14-5-3-2-4-6-14/h2-6,15H,7-12H2,1H3.